The van der Waals surface area contributed by atoms with Gasteiger partial charge in [0.05, 0.1) is 5.54 Å². The van der Waals surface area contributed by atoms with Crippen molar-refractivity contribution in [3.63, 3.8) is 0 Å². The molecule has 12 rings (SSSR count). The molecule has 7 aromatic carbocycles. The summed E-state index contributed by atoms with van der Waals surface area (Å²) in [6.45, 7) is 33.8. The third kappa shape index (κ3) is 7.11. The van der Waals surface area contributed by atoms with E-state index >= 15 is 0 Å². The fourth-order valence-electron chi connectivity index (χ4n) is 14.5. The summed E-state index contributed by atoms with van der Waals surface area (Å²) in [5.74, 6) is 0. The van der Waals surface area contributed by atoms with Gasteiger partial charge in [-0.1, -0.05) is 194 Å². The maximum absolute atomic E-state index is 2.85. The predicted molar refractivity (Wildman–Crippen MR) is 315 cm³/mol. The summed E-state index contributed by atoms with van der Waals surface area (Å²) >= 11 is 0. The summed E-state index contributed by atoms with van der Waals surface area (Å²) in [5.41, 5.74) is 24.0. The fraction of sp³-hybridized carbons (Fsp3) is 0.391. The number of fused-ring (bicyclic) bond motifs is 8. The molecule has 2 atom stereocenters. The van der Waals surface area contributed by atoms with E-state index in [1.807, 2.05) is 0 Å². The number of hydrogen-bond donors (Lipinski definition) is 0. The monoisotopic (exact) mass is 960 g/mol. The number of para-hydroxylation sites is 1. The van der Waals surface area contributed by atoms with Crippen LogP contribution in [0.15, 0.2) is 146 Å². The van der Waals surface area contributed by atoms with Crippen LogP contribution in [0.4, 0.5) is 45.5 Å². The second-order valence-electron chi connectivity index (χ2n) is 27.5. The van der Waals surface area contributed by atoms with Gasteiger partial charge in [0.1, 0.15) is 0 Å². The second-order valence-corrected chi connectivity index (χ2v) is 27.5. The molecule has 372 valence electrons. The third-order valence-electron chi connectivity index (χ3n) is 18.9. The first-order chi connectivity index (χ1) is 34.4. The van der Waals surface area contributed by atoms with Crippen LogP contribution in [0.5, 0.6) is 0 Å². The van der Waals surface area contributed by atoms with E-state index in [1.54, 1.807) is 0 Å². The van der Waals surface area contributed by atoms with E-state index < -0.39 is 0 Å². The standard InChI is InChI=1S/C69H78BN3/c1-63(2,3)45-27-31-50(32-28-45)71-58-34-30-48(65(7,8)9)40-55(58)70-56-43-52-53(67(12,13)38-37-66(52,10)11)44-59(56)72(49-25-19-16-20-26-49)61-42-51(41-60(71)62(61)70)73-57-33-29-47(64(4,5)6)39-54(57)69(46-23-17-15-18-24-46)36-22-21-35-68(69,73)14/h15-20,23-34,39-44H,21-22,35-38H2,1-14H3. The molecule has 2 unspecified atom stereocenters. The fourth-order valence-corrected chi connectivity index (χ4v) is 14.5. The molecule has 7 aromatic rings. The number of hydrogen-bond acceptors (Lipinski definition) is 3. The normalized spacial score (nSPS) is 21.5. The lowest BCUT2D eigenvalue weighted by molar-refractivity contribution is 0.215. The molecular formula is C69H78BN3. The van der Waals surface area contributed by atoms with E-state index in [0.29, 0.717) is 0 Å². The molecule has 3 aliphatic heterocycles. The Balaban J connectivity index is 1.23. The molecule has 0 bridgehead atoms. The maximum Gasteiger partial charge on any atom is 0.252 e. The Hall–Kier alpha value is -6.00. The van der Waals surface area contributed by atoms with E-state index in [4.69, 9.17) is 0 Å². The van der Waals surface area contributed by atoms with Gasteiger partial charge in [-0.3, -0.25) is 0 Å². The van der Waals surface area contributed by atoms with Crippen molar-refractivity contribution in [1.82, 2.24) is 0 Å². The van der Waals surface area contributed by atoms with Gasteiger partial charge in [-0.05, 0) is 170 Å². The van der Waals surface area contributed by atoms with Crippen LogP contribution in [0.2, 0.25) is 0 Å². The molecule has 73 heavy (non-hydrogen) atoms. The third-order valence-corrected chi connectivity index (χ3v) is 18.9. The molecule has 0 radical (unpaired) electrons. The number of rotatable bonds is 4. The highest BCUT2D eigenvalue weighted by molar-refractivity contribution is 7.00. The Bertz CT molecular complexity index is 3330. The van der Waals surface area contributed by atoms with E-state index in [9.17, 15) is 0 Å². The molecule has 0 spiro atoms. The topological polar surface area (TPSA) is 9.72 Å². The SMILES string of the molecule is CC(C)(C)c1ccc(N2c3ccc(C(C)(C)C)cc3B3c4cc5c(cc4N(c4ccccc4)c4cc(N6c7ccc(C(C)(C)C)cc7C7(c8ccccc8)CCCCC67C)cc2c43)C(C)(C)CCC5(C)C)cc1. The summed E-state index contributed by atoms with van der Waals surface area (Å²) in [6, 6.07) is 58.2. The molecule has 0 amide bonds. The molecule has 0 N–H and O–H groups in total. The van der Waals surface area contributed by atoms with Crippen LogP contribution in [0.1, 0.15) is 174 Å². The van der Waals surface area contributed by atoms with Gasteiger partial charge in [-0.2, -0.15) is 0 Å². The Morgan fingerprint density at radius 1 is 0.397 bits per heavy atom. The first-order valence-corrected chi connectivity index (χ1v) is 27.7. The highest BCUT2D eigenvalue weighted by atomic mass is 15.3. The minimum atomic E-state index is -0.252. The summed E-state index contributed by atoms with van der Waals surface area (Å²) in [6.07, 6.45) is 6.94. The molecular weight excluding hydrogens is 882 g/mol. The largest absolute Gasteiger partial charge is 0.334 e. The van der Waals surface area contributed by atoms with Gasteiger partial charge in [-0.15, -0.1) is 0 Å². The molecule has 0 saturated heterocycles. The van der Waals surface area contributed by atoms with Crippen LogP contribution in [0.25, 0.3) is 0 Å². The zero-order valence-corrected chi connectivity index (χ0v) is 46.5. The lowest BCUT2D eigenvalue weighted by atomic mass is 9.33. The minimum absolute atomic E-state index is 0.00618. The molecule has 1 fully saturated rings. The molecule has 0 aromatic heterocycles. The molecule has 3 nitrogen and oxygen atoms in total. The van der Waals surface area contributed by atoms with E-state index in [1.165, 1.54) is 127 Å². The second kappa shape index (κ2) is 16.0. The van der Waals surface area contributed by atoms with Gasteiger partial charge in [-0.25, -0.2) is 0 Å². The van der Waals surface area contributed by atoms with Crippen molar-refractivity contribution < 1.29 is 0 Å². The summed E-state index contributed by atoms with van der Waals surface area (Å²) < 4.78 is 0. The van der Waals surface area contributed by atoms with E-state index in [0.717, 1.165) is 12.8 Å². The molecule has 4 heteroatoms. The Morgan fingerprint density at radius 3 is 1.49 bits per heavy atom. The lowest BCUT2D eigenvalue weighted by Gasteiger charge is -2.53. The Labute approximate surface area is 439 Å². The molecule has 5 aliphatic rings. The smallest absolute Gasteiger partial charge is 0.252 e. The van der Waals surface area contributed by atoms with Crippen molar-refractivity contribution in [3.05, 3.63) is 185 Å². The molecule has 2 aliphatic carbocycles. The van der Waals surface area contributed by atoms with Crippen LogP contribution in [-0.4, -0.2) is 12.3 Å². The van der Waals surface area contributed by atoms with Crippen LogP contribution in [0.3, 0.4) is 0 Å². The van der Waals surface area contributed by atoms with E-state index in [2.05, 4.69) is 257 Å². The molecule has 1 saturated carbocycles. The lowest BCUT2D eigenvalue weighted by Crippen LogP contribution is -2.62. The van der Waals surface area contributed by atoms with Gasteiger partial charge in [0.25, 0.3) is 6.71 Å². The van der Waals surface area contributed by atoms with Crippen molar-refractivity contribution in [2.75, 3.05) is 14.7 Å². The number of anilines is 8. The quantitative estimate of drug-likeness (QED) is 0.163. The number of benzene rings is 7. The van der Waals surface area contributed by atoms with Crippen LogP contribution < -0.4 is 31.1 Å². The first-order valence-electron chi connectivity index (χ1n) is 27.7. The highest BCUT2D eigenvalue weighted by Gasteiger charge is 2.62. The van der Waals surface area contributed by atoms with Gasteiger partial charge < -0.3 is 14.7 Å². The Kier molecular flexibility index (Phi) is 10.5. The summed E-state index contributed by atoms with van der Waals surface area (Å²) in [4.78, 5) is 8.18. The van der Waals surface area contributed by atoms with Gasteiger partial charge in [0.15, 0.2) is 0 Å². The van der Waals surface area contributed by atoms with Crippen molar-refractivity contribution >= 4 is 68.6 Å². The summed E-state index contributed by atoms with van der Waals surface area (Å²) in [7, 11) is 0. The first kappa shape index (κ1) is 48.0. The van der Waals surface area contributed by atoms with Gasteiger partial charge >= 0.3 is 0 Å². The minimum Gasteiger partial charge on any atom is -0.334 e. The van der Waals surface area contributed by atoms with Crippen LogP contribution in [-0.2, 0) is 32.5 Å². The van der Waals surface area contributed by atoms with Crippen molar-refractivity contribution in [2.45, 2.75) is 173 Å². The molecule has 3 heterocycles. The zero-order valence-electron chi connectivity index (χ0n) is 46.5. The van der Waals surface area contributed by atoms with Crippen molar-refractivity contribution in [3.8, 4) is 0 Å². The van der Waals surface area contributed by atoms with Gasteiger partial charge in [0, 0.05) is 50.9 Å². The van der Waals surface area contributed by atoms with E-state index in [-0.39, 0.29) is 44.7 Å². The van der Waals surface area contributed by atoms with Crippen molar-refractivity contribution in [2.24, 2.45) is 0 Å². The maximum atomic E-state index is 2.85. The van der Waals surface area contributed by atoms with Crippen LogP contribution >= 0.6 is 0 Å². The Morgan fingerprint density at radius 2 is 0.890 bits per heavy atom. The number of nitrogens with zero attached hydrogens (tertiary/aromatic N) is 3. The average molecular weight is 960 g/mol. The average Bonchev–Trinajstić information content (AvgIpc) is 3.62. The predicted octanol–water partition coefficient (Wildman–Crippen LogP) is 16.8. The highest BCUT2D eigenvalue weighted by Crippen LogP contribution is 2.65. The van der Waals surface area contributed by atoms with Crippen LogP contribution in [0, 0.1) is 0 Å². The zero-order chi connectivity index (χ0) is 51.4. The summed E-state index contributed by atoms with van der Waals surface area (Å²) in [5, 5.41) is 0. The van der Waals surface area contributed by atoms with Gasteiger partial charge in [0.2, 0.25) is 0 Å². The van der Waals surface area contributed by atoms with Crippen molar-refractivity contribution in [1.29, 1.82) is 0 Å².